The van der Waals surface area contributed by atoms with Crippen molar-refractivity contribution in [1.82, 2.24) is 14.5 Å². The second kappa shape index (κ2) is 4.53. The van der Waals surface area contributed by atoms with Crippen LogP contribution in [-0.2, 0) is 12.8 Å². The van der Waals surface area contributed by atoms with Crippen molar-refractivity contribution in [2.24, 2.45) is 5.73 Å². The van der Waals surface area contributed by atoms with Gasteiger partial charge in [-0.1, -0.05) is 6.07 Å². The summed E-state index contributed by atoms with van der Waals surface area (Å²) >= 11 is 0. The lowest BCUT2D eigenvalue weighted by molar-refractivity contribution is 0.654. The molecule has 0 aromatic carbocycles. The summed E-state index contributed by atoms with van der Waals surface area (Å²) in [5.74, 6) is 0.940. The van der Waals surface area contributed by atoms with Crippen LogP contribution in [0.25, 0.3) is 5.82 Å². The Morgan fingerprint density at radius 3 is 2.78 bits per heavy atom. The Hall–Kier alpha value is -1.68. The van der Waals surface area contributed by atoms with Crippen LogP contribution in [0.5, 0.6) is 0 Å². The van der Waals surface area contributed by atoms with Gasteiger partial charge < -0.3 is 5.73 Å². The third-order valence-electron chi connectivity index (χ3n) is 3.57. The van der Waals surface area contributed by atoms with Crippen molar-refractivity contribution < 1.29 is 0 Å². The average Bonchev–Trinajstić information content (AvgIpc) is 2.82. The van der Waals surface area contributed by atoms with E-state index in [9.17, 15) is 0 Å². The molecule has 1 aliphatic carbocycles. The molecule has 18 heavy (non-hydrogen) atoms. The van der Waals surface area contributed by atoms with Crippen molar-refractivity contribution in [2.75, 3.05) is 0 Å². The van der Waals surface area contributed by atoms with Gasteiger partial charge in [-0.25, -0.2) is 9.97 Å². The maximum atomic E-state index is 5.83. The van der Waals surface area contributed by atoms with E-state index in [0.717, 1.165) is 24.2 Å². The van der Waals surface area contributed by atoms with Crippen LogP contribution in [0.1, 0.15) is 42.8 Å². The van der Waals surface area contributed by atoms with E-state index in [2.05, 4.69) is 14.5 Å². The highest BCUT2D eigenvalue weighted by Crippen LogP contribution is 2.22. The van der Waals surface area contributed by atoms with Crippen molar-refractivity contribution >= 4 is 0 Å². The number of nitrogens with zero attached hydrogens (tertiary/aromatic N) is 3. The van der Waals surface area contributed by atoms with E-state index in [4.69, 9.17) is 5.73 Å². The third kappa shape index (κ3) is 1.93. The Morgan fingerprint density at radius 1 is 1.22 bits per heavy atom. The maximum Gasteiger partial charge on any atom is 0.138 e. The Bertz CT molecular complexity index is 539. The van der Waals surface area contributed by atoms with Crippen LogP contribution in [0.3, 0.4) is 0 Å². The van der Waals surface area contributed by atoms with E-state index in [1.54, 1.807) is 0 Å². The van der Waals surface area contributed by atoms with Gasteiger partial charge in [0, 0.05) is 17.9 Å². The van der Waals surface area contributed by atoms with Crippen LogP contribution in [0.2, 0.25) is 0 Å². The summed E-state index contributed by atoms with van der Waals surface area (Å²) in [4.78, 5) is 8.98. The molecule has 2 aromatic rings. The fraction of sp³-hybridized carbons (Fsp3) is 0.429. The van der Waals surface area contributed by atoms with Crippen LogP contribution >= 0.6 is 0 Å². The summed E-state index contributed by atoms with van der Waals surface area (Å²) in [7, 11) is 0. The minimum atomic E-state index is 0.0308. The Balaban J connectivity index is 1.97. The quantitative estimate of drug-likeness (QED) is 0.878. The number of hydrogen-bond donors (Lipinski definition) is 1. The summed E-state index contributed by atoms with van der Waals surface area (Å²) in [5, 5.41) is 0. The van der Waals surface area contributed by atoms with Crippen LogP contribution < -0.4 is 5.73 Å². The molecule has 0 spiro atoms. The van der Waals surface area contributed by atoms with Gasteiger partial charge in [0.1, 0.15) is 12.1 Å². The number of pyridine rings is 1. The first-order chi connectivity index (χ1) is 8.75. The molecular formula is C14H18N4. The summed E-state index contributed by atoms with van der Waals surface area (Å²) in [6.45, 7) is 1.97. The predicted molar refractivity (Wildman–Crippen MR) is 70.6 cm³/mol. The van der Waals surface area contributed by atoms with Crippen molar-refractivity contribution in [3.8, 4) is 5.82 Å². The van der Waals surface area contributed by atoms with E-state index in [1.807, 2.05) is 31.6 Å². The molecule has 1 atom stereocenters. The molecule has 0 aliphatic heterocycles. The lowest BCUT2D eigenvalue weighted by Gasteiger charge is -2.14. The van der Waals surface area contributed by atoms with Gasteiger partial charge in [-0.05, 0) is 44.2 Å². The van der Waals surface area contributed by atoms with Gasteiger partial charge in [0.25, 0.3) is 0 Å². The highest BCUT2D eigenvalue weighted by molar-refractivity contribution is 5.32. The van der Waals surface area contributed by atoms with Crippen molar-refractivity contribution in [1.29, 1.82) is 0 Å². The van der Waals surface area contributed by atoms with Crippen LogP contribution in [-0.4, -0.2) is 14.5 Å². The molecule has 4 nitrogen and oxygen atoms in total. The summed E-state index contributed by atoms with van der Waals surface area (Å²) in [6, 6.07) is 4.10. The van der Waals surface area contributed by atoms with Crippen LogP contribution in [0.4, 0.5) is 0 Å². The van der Waals surface area contributed by atoms with E-state index in [1.165, 1.54) is 24.2 Å². The monoisotopic (exact) mass is 242 g/mol. The van der Waals surface area contributed by atoms with Gasteiger partial charge >= 0.3 is 0 Å². The fourth-order valence-corrected chi connectivity index (χ4v) is 2.48. The van der Waals surface area contributed by atoms with Gasteiger partial charge in [0.15, 0.2) is 0 Å². The first-order valence-electron chi connectivity index (χ1n) is 6.52. The zero-order chi connectivity index (χ0) is 12.5. The number of imidazole rings is 1. The number of aryl methyl sites for hydroxylation is 1. The van der Waals surface area contributed by atoms with E-state index in [0.29, 0.717) is 0 Å². The zero-order valence-corrected chi connectivity index (χ0v) is 10.6. The highest BCUT2D eigenvalue weighted by Gasteiger charge is 2.16. The van der Waals surface area contributed by atoms with Crippen molar-refractivity contribution in [2.45, 2.75) is 38.6 Å². The molecule has 1 aliphatic rings. The van der Waals surface area contributed by atoms with Crippen molar-refractivity contribution in [3.05, 3.63) is 41.6 Å². The second-order valence-electron chi connectivity index (χ2n) is 4.95. The van der Waals surface area contributed by atoms with E-state index >= 15 is 0 Å². The van der Waals surface area contributed by atoms with E-state index < -0.39 is 0 Å². The van der Waals surface area contributed by atoms with Gasteiger partial charge in [-0.2, -0.15) is 0 Å². The zero-order valence-electron chi connectivity index (χ0n) is 10.6. The van der Waals surface area contributed by atoms with Gasteiger partial charge in [-0.3, -0.25) is 4.57 Å². The number of nitrogens with two attached hydrogens (primary N) is 1. The number of hydrogen-bond acceptors (Lipinski definition) is 3. The SMILES string of the molecule is C[C@@H](N)c1ccc(-n2cnc3c2CCCC3)nc1. The minimum Gasteiger partial charge on any atom is -0.324 e. The van der Waals surface area contributed by atoms with E-state index in [-0.39, 0.29) is 6.04 Å². The summed E-state index contributed by atoms with van der Waals surface area (Å²) in [6.07, 6.45) is 8.45. The molecule has 0 saturated heterocycles. The lowest BCUT2D eigenvalue weighted by Crippen LogP contribution is -2.09. The molecule has 0 bridgehead atoms. The topological polar surface area (TPSA) is 56.7 Å². The maximum absolute atomic E-state index is 5.83. The van der Waals surface area contributed by atoms with Gasteiger partial charge in [-0.15, -0.1) is 0 Å². The first-order valence-corrected chi connectivity index (χ1v) is 6.52. The van der Waals surface area contributed by atoms with Gasteiger partial charge in [0.05, 0.1) is 5.69 Å². The lowest BCUT2D eigenvalue weighted by atomic mass is 10.0. The number of rotatable bonds is 2. The smallest absolute Gasteiger partial charge is 0.138 e. The molecule has 2 heterocycles. The Labute approximate surface area is 107 Å². The molecular weight excluding hydrogens is 224 g/mol. The number of fused-ring (bicyclic) bond motifs is 1. The second-order valence-corrected chi connectivity index (χ2v) is 4.95. The molecule has 4 heteroatoms. The molecule has 0 unspecified atom stereocenters. The molecule has 0 radical (unpaired) electrons. The largest absolute Gasteiger partial charge is 0.324 e. The standard InChI is InChI=1S/C14H18N4/c1-10(15)11-6-7-14(16-8-11)18-9-17-12-4-2-3-5-13(12)18/h6-10H,2-5,15H2,1H3/t10-/m1/s1. The molecule has 3 rings (SSSR count). The summed E-state index contributed by atoms with van der Waals surface area (Å²) < 4.78 is 2.11. The third-order valence-corrected chi connectivity index (χ3v) is 3.57. The summed E-state index contributed by atoms with van der Waals surface area (Å²) in [5.41, 5.74) is 9.45. The predicted octanol–water partition coefficient (Wildman–Crippen LogP) is 2.17. The molecule has 0 fully saturated rings. The fourth-order valence-electron chi connectivity index (χ4n) is 2.48. The molecule has 0 amide bonds. The average molecular weight is 242 g/mol. The first kappa shape index (κ1) is 11.4. The minimum absolute atomic E-state index is 0.0308. The van der Waals surface area contributed by atoms with Crippen LogP contribution in [0.15, 0.2) is 24.7 Å². The Morgan fingerprint density at radius 2 is 2.06 bits per heavy atom. The van der Waals surface area contributed by atoms with Gasteiger partial charge in [0.2, 0.25) is 0 Å². The molecule has 0 saturated carbocycles. The van der Waals surface area contributed by atoms with Crippen LogP contribution in [0, 0.1) is 0 Å². The number of aromatic nitrogens is 3. The normalized spacial score (nSPS) is 16.3. The molecule has 2 N–H and O–H groups in total. The molecule has 94 valence electrons. The Kier molecular flexibility index (Phi) is 2.88. The molecule has 2 aromatic heterocycles. The van der Waals surface area contributed by atoms with Crippen molar-refractivity contribution in [3.63, 3.8) is 0 Å². The highest BCUT2D eigenvalue weighted by atomic mass is 15.1.